The molecule has 3 aromatic rings. The summed E-state index contributed by atoms with van der Waals surface area (Å²) in [6.45, 7) is 3.61. The van der Waals surface area contributed by atoms with Gasteiger partial charge in [-0.1, -0.05) is 41.6 Å². The molecule has 1 saturated heterocycles. The van der Waals surface area contributed by atoms with Crippen molar-refractivity contribution in [2.45, 2.75) is 5.16 Å². The zero-order chi connectivity index (χ0) is 22.2. The molecule has 0 spiro atoms. The topological polar surface area (TPSA) is 81.5 Å². The molecule has 32 heavy (non-hydrogen) atoms. The normalized spacial score (nSPS) is 13.7. The van der Waals surface area contributed by atoms with Crippen molar-refractivity contribution in [2.24, 2.45) is 0 Å². The summed E-state index contributed by atoms with van der Waals surface area (Å²) in [5.74, 6) is 1.61. The van der Waals surface area contributed by atoms with Gasteiger partial charge in [0.1, 0.15) is 12.4 Å². The lowest BCUT2D eigenvalue weighted by Crippen LogP contribution is -2.37. The minimum atomic E-state index is -0.0924. The van der Waals surface area contributed by atoms with Crippen molar-refractivity contribution in [3.63, 3.8) is 0 Å². The molecule has 1 aliphatic rings. The molecular weight excluding hydrogens is 450 g/mol. The number of nitrogens with zero attached hydrogens (tertiary/aromatic N) is 4. The standard InChI is InChI=1S/C22H24ClN5O3S/c23-17-6-8-19(9-7-17)31-13-10-24-20(29)16-32-22-26-25-21(27-11-14-30-15-12-27)28(22)18-4-2-1-3-5-18/h1-9H,10-16H2,(H,24,29). The number of hydrogen-bond acceptors (Lipinski definition) is 7. The van der Waals surface area contributed by atoms with Crippen molar-refractivity contribution in [3.05, 3.63) is 59.6 Å². The highest BCUT2D eigenvalue weighted by Gasteiger charge is 2.22. The van der Waals surface area contributed by atoms with Crippen molar-refractivity contribution in [1.29, 1.82) is 0 Å². The van der Waals surface area contributed by atoms with Crippen molar-refractivity contribution < 1.29 is 14.3 Å². The number of amides is 1. The van der Waals surface area contributed by atoms with Crippen LogP contribution in [0.15, 0.2) is 59.8 Å². The summed E-state index contributed by atoms with van der Waals surface area (Å²) in [7, 11) is 0. The number of rotatable bonds is 9. The predicted octanol–water partition coefficient (Wildman–Crippen LogP) is 3.04. The molecule has 0 atom stereocenters. The van der Waals surface area contributed by atoms with Crippen LogP contribution < -0.4 is 15.0 Å². The highest BCUT2D eigenvalue weighted by atomic mass is 35.5. The van der Waals surface area contributed by atoms with Crippen LogP contribution in [0.5, 0.6) is 5.75 Å². The zero-order valence-corrected chi connectivity index (χ0v) is 19.0. The molecule has 2 aromatic carbocycles. The van der Waals surface area contributed by atoms with Crippen LogP contribution in [0.2, 0.25) is 5.02 Å². The van der Waals surface area contributed by atoms with Crippen LogP contribution in [0.3, 0.4) is 0 Å². The number of nitrogens with one attached hydrogen (secondary N) is 1. The maximum atomic E-state index is 12.3. The second-order valence-electron chi connectivity index (χ2n) is 6.99. The number of carbonyl (C=O) groups is 1. The molecule has 1 amide bonds. The summed E-state index contributed by atoms with van der Waals surface area (Å²) in [6.07, 6.45) is 0. The molecule has 2 heterocycles. The molecule has 10 heteroatoms. The first-order valence-electron chi connectivity index (χ1n) is 10.3. The first kappa shape index (κ1) is 22.4. The van der Waals surface area contributed by atoms with Gasteiger partial charge in [-0.2, -0.15) is 0 Å². The van der Waals surface area contributed by atoms with E-state index in [-0.39, 0.29) is 11.7 Å². The first-order chi connectivity index (χ1) is 15.7. The van der Waals surface area contributed by atoms with Crippen LogP contribution in [0.25, 0.3) is 5.69 Å². The number of aromatic nitrogens is 3. The number of carbonyl (C=O) groups excluding carboxylic acids is 1. The van der Waals surface area contributed by atoms with Crippen molar-refractivity contribution in [3.8, 4) is 11.4 Å². The van der Waals surface area contributed by atoms with E-state index in [2.05, 4.69) is 20.4 Å². The third-order valence-corrected chi connectivity index (χ3v) is 5.94. The van der Waals surface area contributed by atoms with Crippen LogP contribution >= 0.6 is 23.4 Å². The SMILES string of the molecule is O=C(CSc1nnc(N2CCOCC2)n1-c1ccccc1)NCCOc1ccc(Cl)cc1. The predicted molar refractivity (Wildman–Crippen MR) is 125 cm³/mol. The summed E-state index contributed by atoms with van der Waals surface area (Å²) in [6, 6.07) is 17.0. The van der Waals surface area contributed by atoms with Crippen molar-refractivity contribution in [1.82, 2.24) is 20.1 Å². The fourth-order valence-corrected chi connectivity index (χ4v) is 4.10. The Morgan fingerprint density at radius 3 is 2.59 bits per heavy atom. The maximum Gasteiger partial charge on any atom is 0.232 e. The largest absolute Gasteiger partial charge is 0.492 e. The minimum Gasteiger partial charge on any atom is -0.492 e. The van der Waals surface area contributed by atoms with Gasteiger partial charge in [-0.05, 0) is 36.4 Å². The molecule has 0 bridgehead atoms. The van der Waals surface area contributed by atoms with Crippen LogP contribution in [-0.4, -0.2) is 65.9 Å². The average Bonchev–Trinajstić information content (AvgIpc) is 3.27. The van der Waals surface area contributed by atoms with Gasteiger partial charge in [-0.3, -0.25) is 9.36 Å². The molecule has 4 rings (SSSR count). The summed E-state index contributed by atoms with van der Waals surface area (Å²) in [5.41, 5.74) is 0.957. The Kier molecular flexibility index (Phi) is 7.87. The van der Waals surface area contributed by atoms with Gasteiger partial charge in [0.15, 0.2) is 5.16 Å². The number of hydrogen-bond donors (Lipinski definition) is 1. The van der Waals surface area contributed by atoms with E-state index in [1.807, 2.05) is 34.9 Å². The number of benzene rings is 2. The fourth-order valence-electron chi connectivity index (χ4n) is 3.20. The van der Waals surface area contributed by atoms with Gasteiger partial charge in [0.2, 0.25) is 11.9 Å². The number of para-hydroxylation sites is 1. The second-order valence-corrected chi connectivity index (χ2v) is 8.37. The highest BCUT2D eigenvalue weighted by Crippen LogP contribution is 2.27. The van der Waals surface area contributed by atoms with E-state index in [4.69, 9.17) is 21.1 Å². The second kappa shape index (κ2) is 11.2. The third kappa shape index (κ3) is 5.93. The summed E-state index contributed by atoms with van der Waals surface area (Å²) >= 11 is 7.22. The van der Waals surface area contributed by atoms with E-state index >= 15 is 0 Å². The zero-order valence-electron chi connectivity index (χ0n) is 17.4. The molecular formula is C22H24ClN5O3S. The van der Waals surface area contributed by atoms with Gasteiger partial charge in [-0.25, -0.2) is 0 Å². The van der Waals surface area contributed by atoms with Gasteiger partial charge in [-0.15, -0.1) is 10.2 Å². The molecule has 0 unspecified atom stereocenters. The van der Waals surface area contributed by atoms with Gasteiger partial charge < -0.3 is 19.7 Å². The Hall–Kier alpha value is -2.75. The number of anilines is 1. The van der Waals surface area contributed by atoms with Crippen LogP contribution in [0.1, 0.15) is 0 Å². The molecule has 8 nitrogen and oxygen atoms in total. The minimum absolute atomic E-state index is 0.0924. The van der Waals surface area contributed by atoms with Crippen molar-refractivity contribution >= 4 is 35.2 Å². The van der Waals surface area contributed by atoms with E-state index in [0.29, 0.717) is 42.3 Å². The quantitative estimate of drug-likeness (QED) is 0.378. The lowest BCUT2D eigenvalue weighted by atomic mass is 10.3. The van der Waals surface area contributed by atoms with Gasteiger partial charge in [0.25, 0.3) is 0 Å². The molecule has 0 saturated carbocycles. The lowest BCUT2D eigenvalue weighted by molar-refractivity contribution is -0.118. The summed E-state index contributed by atoms with van der Waals surface area (Å²) in [5, 5.41) is 13.0. The number of morpholine rings is 1. The number of thioether (sulfide) groups is 1. The van der Waals surface area contributed by atoms with E-state index < -0.39 is 0 Å². The molecule has 0 aliphatic carbocycles. The number of ether oxygens (including phenoxy) is 2. The molecule has 1 N–H and O–H groups in total. The number of halogens is 1. The Morgan fingerprint density at radius 1 is 1.09 bits per heavy atom. The smallest absolute Gasteiger partial charge is 0.232 e. The fraction of sp³-hybridized carbons (Fsp3) is 0.318. The van der Waals surface area contributed by atoms with Crippen LogP contribution in [0, 0.1) is 0 Å². The van der Waals surface area contributed by atoms with Gasteiger partial charge in [0.05, 0.1) is 31.2 Å². The highest BCUT2D eigenvalue weighted by molar-refractivity contribution is 7.99. The van der Waals surface area contributed by atoms with E-state index in [0.717, 1.165) is 24.7 Å². The Balaban J connectivity index is 1.33. The summed E-state index contributed by atoms with van der Waals surface area (Å²) < 4.78 is 13.1. The van der Waals surface area contributed by atoms with Gasteiger partial charge in [0, 0.05) is 18.1 Å². The molecule has 1 fully saturated rings. The Morgan fingerprint density at radius 2 is 1.84 bits per heavy atom. The van der Waals surface area contributed by atoms with Crippen LogP contribution in [0.4, 0.5) is 5.95 Å². The van der Waals surface area contributed by atoms with E-state index in [1.165, 1.54) is 11.8 Å². The molecule has 1 aromatic heterocycles. The first-order valence-corrected chi connectivity index (χ1v) is 11.7. The molecule has 1 aliphatic heterocycles. The molecule has 0 radical (unpaired) electrons. The van der Waals surface area contributed by atoms with Crippen LogP contribution in [-0.2, 0) is 9.53 Å². The van der Waals surface area contributed by atoms with E-state index in [1.54, 1.807) is 24.3 Å². The van der Waals surface area contributed by atoms with Gasteiger partial charge >= 0.3 is 0 Å². The summed E-state index contributed by atoms with van der Waals surface area (Å²) in [4.78, 5) is 14.5. The lowest BCUT2D eigenvalue weighted by Gasteiger charge is -2.27. The monoisotopic (exact) mass is 473 g/mol. The van der Waals surface area contributed by atoms with E-state index in [9.17, 15) is 4.79 Å². The molecule has 168 valence electrons. The Bertz CT molecular complexity index is 1010. The Labute approximate surface area is 195 Å². The third-order valence-electron chi connectivity index (χ3n) is 4.76. The maximum absolute atomic E-state index is 12.3. The van der Waals surface area contributed by atoms with Crippen molar-refractivity contribution in [2.75, 3.05) is 50.1 Å². The average molecular weight is 474 g/mol.